The number of benzene rings is 6. The van der Waals surface area contributed by atoms with Gasteiger partial charge in [0, 0.05) is 37.2 Å². The van der Waals surface area contributed by atoms with E-state index in [0.717, 1.165) is 59.8 Å². The first-order valence-electron chi connectivity index (χ1n) is 15.1. The molecular weight excluding hydrogens is 571 g/mol. The maximum absolute atomic E-state index is 6.54. The van der Waals surface area contributed by atoms with Crippen LogP contribution in [-0.4, -0.2) is 14.5 Å². The second-order valence-electron chi connectivity index (χ2n) is 11.7. The van der Waals surface area contributed by atoms with Crippen LogP contribution in [0.5, 0.6) is 0 Å². The number of hydrogen-bond acceptors (Lipinski definition) is 4. The fourth-order valence-corrected chi connectivity index (χ4v) is 8.70. The van der Waals surface area contributed by atoms with Crippen molar-refractivity contribution in [1.82, 2.24) is 14.5 Å². The fourth-order valence-electron chi connectivity index (χ4n) is 7.54. The van der Waals surface area contributed by atoms with Crippen LogP contribution in [0.3, 0.4) is 0 Å². The Kier molecular flexibility index (Phi) is 4.43. The lowest BCUT2D eigenvalue weighted by atomic mass is 9.95. The van der Waals surface area contributed by atoms with E-state index in [0.29, 0.717) is 5.95 Å². The Morgan fingerprint density at radius 2 is 1.16 bits per heavy atom. The third-order valence-electron chi connectivity index (χ3n) is 9.38. The van der Waals surface area contributed by atoms with Gasteiger partial charge in [-0.15, -0.1) is 11.3 Å². The summed E-state index contributed by atoms with van der Waals surface area (Å²) in [7, 11) is 0. The highest BCUT2D eigenvalue weighted by molar-refractivity contribution is 7.26. The maximum atomic E-state index is 6.54. The van der Waals surface area contributed by atoms with Crippen LogP contribution >= 0.6 is 11.3 Å². The Hall–Kier alpha value is -5.78. The van der Waals surface area contributed by atoms with Gasteiger partial charge in [-0.2, -0.15) is 0 Å². The van der Waals surface area contributed by atoms with Gasteiger partial charge in [-0.25, -0.2) is 9.97 Å². The van der Waals surface area contributed by atoms with E-state index in [-0.39, 0.29) is 0 Å². The summed E-state index contributed by atoms with van der Waals surface area (Å²) in [6.45, 7) is 0. The second kappa shape index (κ2) is 8.44. The molecule has 4 heterocycles. The number of rotatable bonds is 2. The zero-order valence-corrected chi connectivity index (χ0v) is 24.6. The van der Waals surface area contributed by atoms with Crippen LogP contribution in [0, 0.1) is 0 Å². The van der Waals surface area contributed by atoms with E-state index in [2.05, 4.69) is 132 Å². The number of furan rings is 1. The molecule has 0 fully saturated rings. The summed E-state index contributed by atoms with van der Waals surface area (Å²) in [6, 6.07) is 45.1. The lowest BCUT2D eigenvalue weighted by molar-refractivity contribution is 0.669. The Morgan fingerprint density at radius 1 is 0.489 bits per heavy atom. The van der Waals surface area contributed by atoms with Crippen molar-refractivity contribution in [3.05, 3.63) is 127 Å². The van der Waals surface area contributed by atoms with Crippen molar-refractivity contribution in [2.24, 2.45) is 0 Å². The van der Waals surface area contributed by atoms with E-state index in [9.17, 15) is 0 Å². The van der Waals surface area contributed by atoms with Crippen molar-refractivity contribution in [2.75, 3.05) is 0 Å². The quantitative estimate of drug-likeness (QED) is 0.201. The molecular formula is C40H21N3OS. The van der Waals surface area contributed by atoms with Crippen LogP contribution < -0.4 is 0 Å². The van der Waals surface area contributed by atoms with Crippen molar-refractivity contribution in [2.45, 2.75) is 0 Å². The minimum atomic E-state index is 0.668. The van der Waals surface area contributed by atoms with Gasteiger partial charge in [-0.05, 0) is 51.9 Å². The van der Waals surface area contributed by atoms with Crippen molar-refractivity contribution < 1.29 is 4.42 Å². The molecule has 0 unspecified atom stereocenters. The molecule has 0 aliphatic carbocycles. The molecule has 0 bridgehead atoms. The molecule has 0 spiro atoms. The van der Waals surface area contributed by atoms with Crippen molar-refractivity contribution >= 4 is 96.9 Å². The van der Waals surface area contributed by atoms with Crippen LogP contribution in [0.2, 0.25) is 0 Å². The van der Waals surface area contributed by atoms with Crippen molar-refractivity contribution in [3.8, 4) is 17.2 Å². The van der Waals surface area contributed by atoms with E-state index in [1.807, 2.05) is 0 Å². The number of hydrogen-bond donors (Lipinski definition) is 0. The summed E-state index contributed by atoms with van der Waals surface area (Å²) < 4.78 is 11.1. The van der Waals surface area contributed by atoms with Gasteiger partial charge in [0.1, 0.15) is 11.2 Å². The molecule has 0 saturated heterocycles. The predicted octanol–water partition coefficient (Wildman–Crippen LogP) is 11.3. The summed E-state index contributed by atoms with van der Waals surface area (Å²) in [5.74, 6) is 0.668. The zero-order valence-electron chi connectivity index (χ0n) is 23.8. The molecule has 0 amide bonds. The van der Waals surface area contributed by atoms with Crippen LogP contribution in [-0.2, 0) is 0 Å². The number of aromatic nitrogens is 3. The second-order valence-corrected chi connectivity index (χ2v) is 12.8. The molecule has 4 aromatic heterocycles. The van der Waals surface area contributed by atoms with Gasteiger partial charge in [0.25, 0.3) is 0 Å². The number of nitrogens with zero attached hydrogens (tertiary/aromatic N) is 3. The molecule has 0 saturated carbocycles. The first-order chi connectivity index (χ1) is 22.3. The van der Waals surface area contributed by atoms with Gasteiger partial charge >= 0.3 is 0 Å². The highest BCUT2D eigenvalue weighted by Crippen LogP contribution is 2.47. The molecule has 5 heteroatoms. The molecule has 0 atom stereocenters. The van der Waals surface area contributed by atoms with E-state index in [1.165, 1.54) is 37.0 Å². The van der Waals surface area contributed by atoms with Gasteiger partial charge in [0.2, 0.25) is 5.95 Å². The van der Waals surface area contributed by atoms with Gasteiger partial charge in [0.05, 0.1) is 26.9 Å². The van der Waals surface area contributed by atoms with Crippen LogP contribution in [0.25, 0.3) is 103 Å². The number of fused-ring (bicyclic) bond motifs is 6. The van der Waals surface area contributed by atoms with E-state index in [1.54, 1.807) is 11.3 Å². The smallest absolute Gasteiger partial charge is 0.235 e. The highest BCUT2D eigenvalue weighted by atomic mass is 32.1. The molecule has 7 aromatic carbocycles. The molecule has 0 aliphatic rings. The molecule has 11 rings (SSSR count). The summed E-state index contributed by atoms with van der Waals surface area (Å²) in [4.78, 5) is 10.8. The summed E-state index contributed by atoms with van der Waals surface area (Å²) in [6.07, 6.45) is 0. The molecule has 0 aliphatic heterocycles. The molecule has 208 valence electrons. The maximum Gasteiger partial charge on any atom is 0.235 e. The largest absolute Gasteiger partial charge is 0.456 e. The average Bonchev–Trinajstić information content (AvgIpc) is 3.77. The van der Waals surface area contributed by atoms with Crippen molar-refractivity contribution in [1.29, 1.82) is 0 Å². The fraction of sp³-hybridized carbons (Fsp3) is 0. The van der Waals surface area contributed by atoms with Crippen molar-refractivity contribution in [3.63, 3.8) is 0 Å². The monoisotopic (exact) mass is 591 g/mol. The normalized spacial score (nSPS) is 12.4. The minimum Gasteiger partial charge on any atom is -0.456 e. The topological polar surface area (TPSA) is 43.9 Å². The Labute approximate surface area is 259 Å². The molecule has 45 heavy (non-hydrogen) atoms. The lowest BCUT2D eigenvalue weighted by Crippen LogP contribution is -2.02. The average molecular weight is 592 g/mol. The van der Waals surface area contributed by atoms with Crippen LogP contribution in [0.15, 0.2) is 132 Å². The lowest BCUT2D eigenvalue weighted by Gasteiger charge is -2.10. The molecule has 0 radical (unpaired) electrons. The summed E-state index contributed by atoms with van der Waals surface area (Å²) >= 11 is 1.76. The van der Waals surface area contributed by atoms with Gasteiger partial charge in [-0.1, -0.05) is 97.1 Å². The summed E-state index contributed by atoms with van der Waals surface area (Å²) in [5, 5.41) is 10.7. The molecule has 4 nitrogen and oxygen atoms in total. The van der Waals surface area contributed by atoms with E-state index in [4.69, 9.17) is 14.4 Å². The van der Waals surface area contributed by atoms with Gasteiger partial charge in [0.15, 0.2) is 0 Å². The first-order valence-corrected chi connectivity index (χ1v) is 15.9. The van der Waals surface area contributed by atoms with Gasteiger partial charge < -0.3 is 4.42 Å². The minimum absolute atomic E-state index is 0.668. The first kappa shape index (κ1) is 23.6. The zero-order chi connectivity index (χ0) is 29.2. The predicted molar refractivity (Wildman–Crippen MR) is 188 cm³/mol. The van der Waals surface area contributed by atoms with Crippen LogP contribution in [0.4, 0.5) is 0 Å². The van der Waals surface area contributed by atoms with E-state index >= 15 is 0 Å². The highest BCUT2D eigenvalue weighted by Gasteiger charge is 2.25. The molecule has 11 aromatic rings. The standard InChI is InChI=1S/C40H21N3OS/c1-2-10-22(11-3-1)37-39-38(27-14-6-7-19-32(27)45-39)42-40(41-37)43-28-17-8-15-25-23-12-4-5-13-24(23)26-16-9-18-30-34(26)36-31(44-30)21-20-29(43)35(36)33(25)28/h1-21H. The summed E-state index contributed by atoms with van der Waals surface area (Å²) in [5.41, 5.74) is 6.96. The van der Waals surface area contributed by atoms with E-state index < -0.39 is 0 Å². The SMILES string of the molecule is c1ccc(-c2nc(-n3c4cccc5c6ccccc6c6cccc7oc8ccc3c(c8c76)c54)nc3c2sc2ccccc23)cc1. The Morgan fingerprint density at radius 3 is 2.00 bits per heavy atom. The number of thiophene rings is 1. The third-order valence-corrected chi connectivity index (χ3v) is 10.5. The Balaban J connectivity index is 1.40. The van der Waals surface area contributed by atoms with Crippen LogP contribution in [0.1, 0.15) is 0 Å². The Bertz CT molecular complexity index is 2980. The molecule has 0 N–H and O–H groups in total. The third kappa shape index (κ3) is 3.00. The van der Waals surface area contributed by atoms with Gasteiger partial charge in [-0.3, -0.25) is 4.57 Å².